The molecule has 2 aromatic rings. The Balaban J connectivity index is 2.41. The van der Waals surface area contributed by atoms with Crippen molar-refractivity contribution in [1.82, 2.24) is 0 Å². The maximum Gasteiger partial charge on any atom is 0.357 e. The van der Waals surface area contributed by atoms with Gasteiger partial charge in [0.2, 0.25) is 13.6 Å². The summed E-state index contributed by atoms with van der Waals surface area (Å²) in [5, 5.41) is 0. The molecule has 0 aliphatic rings. The highest BCUT2D eigenvalue weighted by molar-refractivity contribution is 7.94. The summed E-state index contributed by atoms with van der Waals surface area (Å²) in [7, 11) is -10.0. The van der Waals surface area contributed by atoms with Gasteiger partial charge in [0.05, 0.1) is 10.8 Å². The van der Waals surface area contributed by atoms with Gasteiger partial charge in [-0.05, 0) is 59.2 Å². The van der Waals surface area contributed by atoms with Crippen LogP contribution in [0.1, 0.15) is 53.5 Å². The van der Waals surface area contributed by atoms with Crippen LogP contribution in [0.5, 0.6) is 5.75 Å². The normalized spacial score (nSPS) is 14.1. The Labute approximate surface area is 241 Å². The minimum absolute atomic E-state index is 0.166. The Hall–Kier alpha value is -2.76. The Morgan fingerprint density at radius 2 is 1.24 bits per heavy atom. The summed E-state index contributed by atoms with van der Waals surface area (Å²) < 4.78 is 76.2. The first-order chi connectivity index (χ1) is 18.9. The molecule has 0 fully saturated rings. The van der Waals surface area contributed by atoms with Crippen LogP contribution in [-0.4, -0.2) is 49.6 Å². The summed E-state index contributed by atoms with van der Waals surface area (Å²) in [4.78, 5) is 22.3. The highest BCUT2D eigenvalue weighted by Gasteiger charge is 2.47. The molecule has 0 bridgehead atoms. The molecular formula is C28H39O11PS. The topological polar surface area (TPSA) is 152 Å². The highest BCUT2D eigenvalue weighted by atomic mass is 32.2. The molecule has 0 amide bonds. The van der Waals surface area contributed by atoms with Gasteiger partial charge in [-0.25, -0.2) is 0 Å². The zero-order valence-electron chi connectivity index (χ0n) is 24.1. The summed E-state index contributed by atoms with van der Waals surface area (Å²) >= 11 is 0. The summed E-state index contributed by atoms with van der Waals surface area (Å²) in [6.07, 6.45) is -1.33. The van der Waals surface area contributed by atoms with Crippen LogP contribution in [0.15, 0.2) is 60.7 Å². The second-order valence-electron chi connectivity index (χ2n) is 11.3. The van der Waals surface area contributed by atoms with Crippen LogP contribution in [0.25, 0.3) is 0 Å². The van der Waals surface area contributed by atoms with E-state index in [0.29, 0.717) is 5.75 Å². The first kappa shape index (κ1) is 34.4. The van der Waals surface area contributed by atoms with E-state index in [9.17, 15) is 27.1 Å². The van der Waals surface area contributed by atoms with Crippen molar-refractivity contribution in [1.29, 1.82) is 0 Å². The minimum atomic E-state index is -5.13. The number of carbonyl (C=O) groups is 2. The van der Waals surface area contributed by atoms with Crippen molar-refractivity contribution in [2.45, 2.75) is 65.5 Å². The van der Waals surface area contributed by atoms with Gasteiger partial charge in [-0.1, -0.05) is 48.5 Å². The number of rotatable bonds is 14. The van der Waals surface area contributed by atoms with Gasteiger partial charge in [-0.3, -0.25) is 27.8 Å². The number of hydrogen-bond donors (Lipinski definition) is 1. The van der Waals surface area contributed by atoms with Gasteiger partial charge in [0.15, 0.2) is 4.99 Å². The van der Waals surface area contributed by atoms with Gasteiger partial charge in [0.25, 0.3) is 10.1 Å². The Kier molecular flexibility index (Phi) is 12.1. The fourth-order valence-electron chi connectivity index (χ4n) is 3.32. The number of para-hydroxylation sites is 1. The molecular weight excluding hydrogens is 575 g/mol. The lowest BCUT2D eigenvalue weighted by Crippen LogP contribution is -2.33. The van der Waals surface area contributed by atoms with Gasteiger partial charge in [-0.15, -0.1) is 0 Å². The van der Waals surface area contributed by atoms with Crippen LogP contribution in [-0.2, 0) is 49.2 Å². The lowest BCUT2D eigenvalue weighted by molar-refractivity contribution is -0.162. The number of benzene rings is 2. The van der Waals surface area contributed by atoms with Crippen LogP contribution in [0, 0.1) is 10.8 Å². The first-order valence-electron chi connectivity index (χ1n) is 12.9. The van der Waals surface area contributed by atoms with E-state index in [4.69, 9.17) is 23.3 Å². The van der Waals surface area contributed by atoms with Crippen molar-refractivity contribution >= 4 is 29.7 Å². The monoisotopic (exact) mass is 614 g/mol. The van der Waals surface area contributed by atoms with Crippen molar-refractivity contribution in [3.8, 4) is 5.75 Å². The standard InChI is InChI=1S/C28H39O11PS/c1-27(2,3)25(29)35-19-37-40(31,38-20-36-26(30)28(4,5)6)24(41(32,33)34)18-23(17-21-13-9-7-10-14-21)39-22-15-11-8-12-16-22/h7-16,23-24H,17-20H2,1-6H3,(H,32,33,34)/t23?,24-/m0/s1. The molecule has 2 aromatic carbocycles. The molecule has 11 nitrogen and oxygen atoms in total. The van der Waals surface area contributed by atoms with Crippen LogP contribution >= 0.6 is 7.60 Å². The first-order valence-corrected chi connectivity index (χ1v) is 16.0. The van der Waals surface area contributed by atoms with E-state index in [1.165, 1.54) is 0 Å². The third kappa shape index (κ3) is 11.6. The van der Waals surface area contributed by atoms with Crippen LogP contribution in [0.3, 0.4) is 0 Å². The molecule has 228 valence electrons. The highest BCUT2D eigenvalue weighted by Crippen LogP contribution is 2.57. The molecule has 0 radical (unpaired) electrons. The van der Waals surface area contributed by atoms with Gasteiger partial charge in [-0.2, -0.15) is 8.42 Å². The quantitative estimate of drug-likeness (QED) is 0.122. The fourth-order valence-corrected chi connectivity index (χ4v) is 6.75. The third-order valence-electron chi connectivity index (χ3n) is 5.58. The van der Waals surface area contributed by atoms with Crippen molar-refractivity contribution in [3.05, 3.63) is 66.2 Å². The maximum absolute atomic E-state index is 14.0. The molecule has 2 atom stereocenters. The molecule has 13 heteroatoms. The van der Waals surface area contributed by atoms with Crippen molar-refractivity contribution in [2.24, 2.45) is 10.8 Å². The molecule has 0 heterocycles. The molecule has 0 saturated carbocycles. The van der Waals surface area contributed by atoms with Crippen LogP contribution < -0.4 is 4.74 Å². The second kappa shape index (κ2) is 14.4. The molecule has 0 spiro atoms. The molecule has 0 aliphatic carbocycles. The molecule has 0 aliphatic heterocycles. The van der Waals surface area contributed by atoms with Gasteiger partial charge < -0.3 is 14.2 Å². The number of ether oxygens (including phenoxy) is 3. The number of carbonyl (C=O) groups excluding carboxylic acids is 2. The summed E-state index contributed by atoms with van der Waals surface area (Å²) in [6.45, 7) is 7.56. The average Bonchev–Trinajstić information content (AvgIpc) is 2.86. The third-order valence-corrected chi connectivity index (χ3v) is 9.88. The zero-order chi connectivity index (χ0) is 30.9. The average molecular weight is 615 g/mol. The molecule has 0 aromatic heterocycles. The van der Waals surface area contributed by atoms with Crippen molar-refractivity contribution in [2.75, 3.05) is 13.6 Å². The fraction of sp³-hybridized carbons (Fsp3) is 0.500. The molecule has 2 rings (SSSR count). The van der Waals surface area contributed by atoms with E-state index in [1.54, 1.807) is 96.1 Å². The molecule has 1 unspecified atom stereocenters. The predicted molar refractivity (Wildman–Crippen MR) is 152 cm³/mol. The van der Waals surface area contributed by atoms with E-state index in [0.717, 1.165) is 5.56 Å². The van der Waals surface area contributed by atoms with Gasteiger partial charge in [0, 0.05) is 12.8 Å². The second-order valence-corrected chi connectivity index (χ2v) is 15.5. The zero-order valence-corrected chi connectivity index (χ0v) is 25.9. The van der Waals surface area contributed by atoms with Gasteiger partial charge >= 0.3 is 19.5 Å². The number of hydrogen-bond acceptors (Lipinski definition) is 10. The Morgan fingerprint density at radius 3 is 1.66 bits per heavy atom. The predicted octanol–water partition coefficient (Wildman–Crippen LogP) is 5.60. The maximum atomic E-state index is 14.0. The van der Waals surface area contributed by atoms with E-state index < -0.39 is 71.6 Å². The van der Waals surface area contributed by atoms with Crippen molar-refractivity contribution in [3.63, 3.8) is 0 Å². The van der Waals surface area contributed by atoms with Crippen LogP contribution in [0.4, 0.5) is 0 Å². The van der Waals surface area contributed by atoms with Crippen LogP contribution in [0.2, 0.25) is 0 Å². The lowest BCUT2D eigenvalue weighted by Gasteiger charge is -2.29. The van der Waals surface area contributed by atoms with E-state index in [-0.39, 0.29) is 6.42 Å². The van der Waals surface area contributed by atoms with E-state index >= 15 is 0 Å². The Bertz CT molecular complexity index is 1210. The SMILES string of the molecule is CC(C)(C)C(=O)OCOP(=O)(OCOC(=O)C(C)(C)C)[C@H](CC(Cc1ccccc1)Oc1ccccc1)S(=O)(=O)O. The Morgan fingerprint density at radius 1 is 0.805 bits per heavy atom. The smallest absolute Gasteiger partial charge is 0.357 e. The van der Waals surface area contributed by atoms with Crippen molar-refractivity contribution < 1.29 is 50.4 Å². The summed E-state index contributed by atoms with van der Waals surface area (Å²) in [5.74, 6) is -1.04. The largest absolute Gasteiger partial charge is 0.490 e. The molecule has 1 N–H and O–H groups in total. The van der Waals surface area contributed by atoms with E-state index in [1.807, 2.05) is 6.07 Å². The minimum Gasteiger partial charge on any atom is -0.490 e. The lowest BCUT2D eigenvalue weighted by atomic mass is 9.98. The molecule has 0 saturated heterocycles. The summed E-state index contributed by atoms with van der Waals surface area (Å²) in [5.41, 5.74) is -1.11. The van der Waals surface area contributed by atoms with Gasteiger partial charge in [0.1, 0.15) is 11.9 Å². The van der Waals surface area contributed by atoms with E-state index in [2.05, 4.69) is 0 Å². The molecule has 41 heavy (non-hydrogen) atoms. The summed E-state index contributed by atoms with van der Waals surface area (Å²) in [6, 6.07) is 17.5. The number of esters is 2.